The van der Waals surface area contributed by atoms with Crippen LogP contribution in [0.4, 0.5) is 0 Å². The molecule has 1 N–H and O–H groups in total. The van der Waals surface area contributed by atoms with Crippen molar-refractivity contribution >= 4 is 22.6 Å². The number of hydrogen-bond acceptors (Lipinski definition) is 2. The minimum Gasteiger partial charge on any atom is -0.454 e. The average Bonchev–Trinajstić information content (AvgIpc) is 2.72. The molecule has 1 aromatic heterocycles. The summed E-state index contributed by atoms with van der Waals surface area (Å²) in [5.74, 6) is 3.50. The van der Waals surface area contributed by atoms with E-state index in [1.54, 1.807) is 0 Å². The standard InChI is InChI=1S/C15H24INO/c1-10(2)13-6-4-11(3)8-14(13)17-9-12-5-7-15(16)18-12/h5,7,10-11,13-14,17H,4,6,8-9H2,1-3H3. The minimum absolute atomic E-state index is 0.650. The monoisotopic (exact) mass is 361 g/mol. The van der Waals surface area contributed by atoms with Gasteiger partial charge in [-0.25, -0.2) is 0 Å². The van der Waals surface area contributed by atoms with Gasteiger partial charge < -0.3 is 9.73 Å². The molecule has 18 heavy (non-hydrogen) atoms. The van der Waals surface area contributed by atoms with Gasteiger partial charge >= 0.3 is 0 Å². The summed E-state index contributed by atoms with van der Waals surface area (Å²) >= 11 is 2.22. The molecule has 0 saturated heterocycles. The van der Waals surface area contributed by atoms with Crippen LogP contribution in [0, 0.1) is 21.5 Å². The Kier molecular flexibility index (Phi) is 5.13. The lowest BCUT2D eigenvalue weighted by Crippen LogP contribution is -2.42. The van der Waals surface area contributed by atoms with E-state index >= 15 is 0 Å². The fraction of sp³-hybridized carbons (Fsp3) is 0.733. The minimum atomic E-state index is 0.650. The Hall–Kier alpha value is -0.0300. The molecule has 0 aliphatic heterocycles. The Morgan fingerprint density at radius 3 is 2.78 bits per heavy atom. The lowest BCUT2D eigenvalue weighted by atomic mass is 9.74. The number of furan rings is 1. The van der Waals surface area contributed by atoms with Gasteiger partial charge in [0.15, 0.2) is 3.77 Å². The van der Waals surface area contributed by atoms with E-state index in [0.717, 1.165) is 33.8 Å². The SMILES string of the molecule is CC1CCC(C(C)C)C(NCc2ccc(I)o2)C1. The first-order chi connectivity index (χ1) is 8.56. The van der Waals surface area contributed by atoms with E-state index in [0.29, 0.717) is 6.04 Å². The van der Waals surface area contributed by atoms with Gasteiger partial charge in [0.05, 0.1) is 6.54 Å². The summed E-state index contributed by atoms with van der Waals surface area (Å²) in [6.07, 6.45) is 4.06. The molecule has 0 radical (unpaired) electrons. The van der Waals surface area contributed by atoms with Gasteiger partial charge in [-0.15, -0.1) is 0 Å². The van der Waals surface area contributed by atoms with Gasteiger partial charge in [0.2, 0.25) is 0 Å². The Balaban J connectivity index is 1.92. The summed E-state index contributed by atoms with van der Waals surface area (Å²) in [4.78, 5) is 0. The first kappa shape index (κ1) is 14.4. The molecule has 1 aromatic rings. The van der Waals surface area contributed by atoms with Crippen molar-refractivity contribution in [3.63, 3.8) is 0 Å². The van der Waals surface area contributed by atoms with Gasteiger partial charge in [-0.1, -0.05) is 27.2 Å². The lowest BCUT2D eigenvalue weighted by molar-refractivity contribution is 0.166. The highest BCUT2D eigenvalue weighted by atomic mass is 127. The van der Waals surface area contributed by atoms with E-state index in [9.17, 15) is 0 Å². The number of hydrogen-bond donors (Lipinski definition) is 1. The highest BCUT2D eigenvalue weighted by molar-refractivity contribution is 14.1. The highest BCUT2D eigenvalue weighted by Crippen LogP contribution is 2.33. The van der Waals surface area contributed by atoms with Gasteiger partial charge in [0.25, 0.3) is 0 Å². The summed E-state index contributed by atoms with van der Waals surface area (Å²) in [7, 11) is 0. The molecule has 3 unspecified atom stereocenters. The third kappa shape index (κ3) is 3.73. The summed E-state index contributed by atoms with van der Waals surface area (Å²) in [5, 5.41) is 3.72. The van der Waals surface area contributed by atoms with Crippen LogP contribution in [0.1, 0.15) is 45.8 Å². The Labute approximate surface area is 124 Å². The summed E-state index contributed by atoms with van der Waals surface area (Å²) < 4.78 is 6.60. The van der Waals surface area contributed by atoms with Crippen molar-refractivity contribution < 1.29 is 4.42 Å². The third-order valence-electron chi connectivity index (χ3n) is 4.19. The van der Waals surface area contributed by atoms with E-state index in [-0.39, 0.29) is 0 Å². The van der Waals surface area contributed by atoms with E-state index < -0.39 is 0 Å². The fourth-order valence-electron chi connectivity index (χ4n) is 3.12. The number of nitrogens with one attached hydrogen (secondary N) is 1. The Morgan fingerprint density at radius 1 is 1.39 bits per heavy atom. The summed E-state index contributed by atoms with van der Waals surface area (Å²) in [5.41, 5.74) is 0. The van der Waals surface area contributed by atoms with Crippen molar-refractivity contribution in [2.24, 2.45) is 17.8 Å². The van der Waals surface area contributed by atoms with E-state index in [4.69, 9.17) is 4.42 Å². The molecule has 2 rings (SSSR count). The Morgan fingerprint density at radius 2 is 2.17 bits per heavy atom. The normalized spacial score (nSPS) is 28.8. The molecule has 0 aromatic carbocycles. The van der Waals surface area contributed by atoms with Gasteiger partial charge in [-0.3, -0.25) is 0 Å². The molecular formula is C15H24INO. The number of halogens is 1. The molecule has 0 bridgehead atoms. The molecule has 2 nitrogen and oxygen atoms in total. The van der Waals surface area contributed by atoms with Crippen LogP contribution in [-0.2, 0) is 6.54 Å². The maximum Gasteiger partial charge on any atom is 0.164 e. The predicted molar refractivity (Wildman–Crippen MR) is 83.4 cm³/mol. The molecule has 1 aliphatic rings. The molecule has 3 heteroatoms. The third-order valence-corrected chi connectivity index (χ3v) is 4.77. The molecule has 0 spiro atoms. The van der Waals surface area contributed by atoms with Crippen molar-refractivity contribution in [2.75, 3.05) is 0 Å². The smallest absolute Gasteiger partial charge is 0.164 e. The van der Waals surface area contributed by atoms with Crippen molar-refractivity contribution in [3.8, 4) is 0 Å². The summed E-state index contributed by atoms with van der Waals surface area (Å²) in [6.45, 7) is 7.95. The first-order valence-electron chi connectivity index (χ1n) is 7.04. The molecule has 1 saturated carbocycles. The molecule has 3 atom stereocenters. The van der Waals surface area contributed by atoms with Crippen molar-refractivity contribution in [2.45, 2.75) is 52.6 Å². The molecule has 0 amide bonds. The van der Waals surface area contributed by atoms with Crippen LogP contribution in [0.15, 0.2) is 16.5 Å². The van der Waals surface area contributed by atoms with Crippen LogP contribution in [-0.4, -0.2) is 6.04 Å². The van der Waals surface area contributed by atoms with Crippen molar-refractivity contribution in [1.29, 1.82) is 0 Å². The van der Waals surface area contributed by atoms with E-state index in [2.05, 4.69) is 54.7 Å². The second-order valence-electron chi connectivity index (χ2n) is 6.02. The van der Waals surface area contributed by atoms with Crippen LogP contribution in [0.2, 0.25) is 0 Å². The first-order valence-corrected chi connectivity index (χ1v) is 8.11. The zero-order valence-corrected chi connectivity index (χ0v) is 13.7. The molecular weight excluding hydrogens is 337 g/mol. The second-order valence-corrected chi connectivity index (χ2v) is 7.08. The van der Waals surface area contributed by atoms with Crippen LogP contribution in [0.5, 0.6) is 0 Å². The van der Waals surface area contributed by atoms with Crippen molar-refractivity contribution in [1.82, 2.24) is 5.32 Å². The van der Waals surface area contributed by atoms with Gasteiger partial charge in [0.1, 0.15) is 5.76 Å². The Bertz CT molecular complexity index is 374. The van der Waals surface area contributed by atoms with Crippen LogP contribution >= 0.6 is 22.6 Å². The van der Waals surface area contributed by atoms with Crippen LogP contribution in [0.25, 0.3) is 0 Å². The highest BCUT2D eigenvalue weighted by Gasteiger charge is 2.30. The molecule has 1 fully saturated rings. The fourth-order valence-corrected chi connectivity index (χ4v) is 3.58. The van der Waals surface area contributed by atoms with Gasteiger partial charge in [-0.2, -0.15) is 0 Å². The topological polar surface area (TPSA) is 25.2 Å². The lowest BCUT2D eigenvalue weighted by Gasteiger charge is -2.37. The van der Waals surface area contributed by atoms with Gasteiger partial charge in [0, 0.05) is 6.04 Å². The largest absolute Gasteiger partial charge is 0.454 e. The maximum absolute atomic E-state index is 5.62. The zero-order chi connectivity index (χ0) is 13.1. The second kappa shape index (κ2) is 6.42. The van der Waals surface area contributed by atoms with E-state index in [1.165, 1.54) is 19.3 Å². The van der Waals surface area contributed by atoms with E-state index in [1.807, 2.05) is 6.07 Å². The van der Waals surface area contributed by atoms with Gasteiger partial charge in [-0.05, 0) is 65.3 Å². The quantitative estimate of drug-likeness (QED) is 0.803. The average molecular weight is 361 g/mol. The van der Waals surface area contributed by atoms with Crippen molar-refractivity contribution in [3.05, 3.63) is 21.7 Å². The molecule has 102 valence electrons. The predicted octanol–water partition coefficient (Wildman–Crippen LogP) is 4.43. The number of rotatable bonds is 4. The zero-order valence-electron chi connectivity index (χ0n) is 11.6. The molecule has 1 heterocycles. The van der Waals surface area contributed by atoms with Crippen LogP contribution in [0.3, 0.4) is 0 Å². The summed E-state index contributed by atoms with van der Waals surface area (Å²) in [6, 6.07) is 4.75. The maximum atomic E-state index is 5.62. The molecule has 1 aliphatic carbocycles. The van der Waals surface area contributed by atoms with Crippen LogP contribution < -0.4 is 5.32 Å².